The highest BCUT2D eigenvalue weighted by molar-refractivity contribution is 5.78. The molecule has 0 unspecified atom stereocenters. The molecule has 0 bridgehead atoms. The largest absolute Gasteiger partial charge is 0.486 e. The third-order valence-corrected chi connectivity index (χ3v) is 3.72. The first-order valence-corrected chi connectivity index (χ1v) is 7.86. The fourth-order valence-electron chi connectivity index (χ4n) is 2.53. The lowest BCUT2D eigenvalue weighted by atomic mass is 10.2. The molecule has 0 fully saturated rings. The zero-order chi connectivity index (χ0) is 16.9. The van der Waals surface area contributed by atoms with Gasteiger partial charge in [0.2, 0.25) is 0 Å². The Morgan fingerprint density at radius 1 is 1.25 bits per heavy atom. The minimum absolute atomic E-state index is 0.0300. The molecule has 0 amide bonds. The van der Waals surface area contributed by atoms with Crippen molar-refractivity contribution < 1.29 is 14.6 Å². The van der Waals surface area contributed by atoms with Gasteiger partial charge in [0.15, 0.2) is 23.1 Å². The zero-order valence-electron chi connectivity index (χ0n) is 13.5. The van der Waals surface area contributed by atoms with E-state index in [1.165, 1.54) is 6.33 Å². The average Bonchev–Trinajstić information content (AvgIpc) is 2.62. The van der Waals surface area contributed by atoms with Crippen LogP contribution in [0, 0.1) is 0 Å². The van der Waals surface area contributed by atoms with Gasteiger partial charge in [-0.1, -0.05) is 0 Å². The molecule has 128 valence electrons. The Bertz CT molecular complexity index is 710. The summed E-state index contributed by atoms with van der Waals surface area (Å²) in [6.45, 7) is 4.24. The summed E-state index contributed by atoms with van der Waals surface area (Å²) in [4.78, 5) is 10.3. The molecule has 3 rings (SSSR count). The number of fused-ring (bicyclic) bond motifs is 1. The number of nitrogens with zero attached hydrogens (tertiary/aromatic N) is 3. The SMILES string of the molecule is CCN(CCO)c1ncnc(Nc2ccc3c(c2)OCCO3)c1N. The van der Waals surface area contributed by atoms with Crippen LogP contribution in [0.3, 0.4) is 0 Å². The van der Waals surface area contributed by atoms with Crippen LogP contribution >= 0.6 is 0 Å². The van der Waals surface area contributed by atoms with Crippen LogP contribution in [0.4, 0.5) is 23.0 Å². The monoisotopic (exact) mass is 331 g/mol. The molecular weight excluding hydrogens is 310 g/mol. The van der Waals surface area contributed by atoms with Gasteiger partial charge >= 0.3 is 0 Å². The van der Waals surface area contributed by atoms with Crippen LogP contribution in [0.25, 0.3) is 0 Å². The predicted molar refractivity (Wildman–Crippen MR) is 92.1 cm³/mol. The molecular formula is C16H21N5O3. The van der Waals surface area contributed by atoms with Crippen LogP contribution in [0.5, 0.6) is 11.5 Å². The first-order chi connectivity index (χ1) is 11.7. The molecule has 2 aromatic rings. The van der Waals surface area contributed by atoms with Crippen molar-refractivity contribution in [3.8, 4) is 11.5 Å². The van der Waals surface area contributed by atoms with Crippen molar-refractivity contribution in [1.82, 2.24) is 9.97 Å². The maximum absolute atomic E-state index is 9.17. The molecule has 1 aliphatic heterocycles. The first kappa shape index (κ1) is 16.1. The number of hydrogen-bond acceptors (Lipinski definition) is 8. The van der Waals surface area contributed by atoms with E-state index in [2.05, 4.69) is 15.3 Å². The summed E-state index contributed by atoms with van der Waals surface area (Å²) in [5.41, 5.74) is 7.43. The highest BCUT2D eigenvalue weighted by Gasteiger charge is 2.15. The van der Waals surface area contributed by atoms with E-state index >= 15 is 0 Å². The summed E-state index contributed by atoms with van der Waals surface area (Å²) in [6.07, 6.45) is 1.45. The van der Waals surface area contributed by atoms with E-state index in [1.54, 1.807) is 0 Å². The van der Waals surface area contributed by atoms with Gasteiger partial charge in [0.05, 0.1) is 6.61 Å². The molecule has 0 saturated heterocycles. The smallest absolute Gasteiger partial charge is 0.163 e. The van der Waals surface area contributed by atoms with E-state index in [-0.39, 0.29) is 6.61 Å². The Balaban J connectivity index is 1.85. The number of anilines is 4. The van der Waals surface area contributed by atoms with Crippen LogP contribution in [0.1, 0.15) is 6.92 Å². The van der Waals surface area contributed by atoms with Crippen molar-refractivity contribution >= 4 is 23.0 Å². The molecule has 0 atom stereocenters. The van der Waals surface area contributed by atoms with Gasteiger partial charge < -0.3 is 30.5 Å². The molecule has 0 aliphatic carbocycles. The van der Waals surface area contributed by atoms with Gasteiger partial charge in [0.25, 0.3) is 0 Å². The number of nitrogens with two attached hydrogens (primary N) is 1. The van der Waals surface area contributed by atoms with E-state index in [0.717, 1.165) is 11.4 Å². The normalized spacial score (nSPS) is 12.8. The third kappa shape index (κ3) is 3.28. The highest BCUT2D eigenvalue weighted by atomic mass is 16.6. The number of nitrogens with one attached hydrogen (secondary N) is 1. The maximum Gasteiger partial charge on any atom is 0.163 e. The van der Waals surface area contributed by atoms with Gasteiger partial charge in [-0.15, -0.1) is 0 Å². The second-order valence-electron chi connectivity index (χ2n) is 5.25. The summed E-state index contributed by atoms with van der Waals surface area (Å²) < 4.78 is 11.1. The number of likely N-dealkylation sites (N-methyl/N-ethyl adjacent to an activating group) is 1. The van der Waals surface area contributed by atoms with Crippen LogP contribution < -0.4 is 25.4 Å². The molecule has 1 aliphatic rings. The second kappa shape index (κ2) is 7.22. The fraction of sp³-hybridized carbons (Fsp3) is 0.375. The Morgan fingerprint density at radius 3 is 2.79 bits per heavy atom. The second-order valence-corrected chi connectivity index (χ2v) is 5.25. The summed E-state index contributed by atoms with van der Waals surface area (Å²) in [7, 11) is 0. The number of benzene rings is 1. The Hall–Kier alpha value is -2.74. The van der Waals surface area contributed by atoms with Gasteiger partial charge in [-0.3, -0.25) is 0 Å². The molecule has 8 heteroatoms. The lowest BCUT2D eigenvalue weighted by Gasteiger charge is -2.23. The van der Waals surface area contributed by atoms with E-state index in [4.69, 9.17) is 20.3 Å². The molecule has 0 spiro atoms. The average molecular weight is 331 g/mol. The number of rotatable bonds is 6. The number of ether oxygens (including phenoxy) is 2. The van der Waals surface area contributed by atoms with Gasteiger partial charge in [0, 0.05) is 24.8 Å². The van der Waals surface area contributed by atoms with E-state index in [1.807, 2.05) is 30.0 Å². The number of hydrogen-bond donors (Lipinski definition) is 3. The summed E-state index contributed by atoms with van der Waals surface area (Å²) in [6, 6.07) is 5.57. The minimum Gasteiger partial charge on any atom is -0.486 e. The zero-order valence-corrected chi connectivity index (χ0v) is 13.5. The van der Waals surface area contributed by atoms with Crippen LogP contribution in [-0.2, 0) is 0 Å². The Kier molecular flexibility index (Phi) is 4.85. The molecule has 1 aromatic carbocycles. The molecule has 4 N–H and O–H groups in total. The van der Waals surface area contributed by atoms with Gasteiger partial charge in [-0.05, 0) is 19.1 Å². The van der Waals surface area contributed by atoms with Crippen LogP contribution in [0.15, 0.2) is 24.5 Å². The van der Waals surface area contributed by atoms with Crippen molar-refractivity contribution in [2.75, 3.05) is 48.9 Å². The van der Waals surface area contributed by atoms with Crippen molar-refractivity contribution in [3.05, 3.63) is 24.5 Å². The molecule has 8 nitrogen and oxygen atoms in total. The van der Waals surface area contributed by atoms with Gasteiger partial charge in [-0.25, -0.2) is 9.97 Å². The quantitative estimate of drug-likeness (QED) is 0.729. The Labute approximate surface area is 140 Å². The predicted octanol–water partition coefficient (Wildman–Crippen LogP) is 1.39. The van der Waals surface area contributed by atoms with Crippen molar-refractivity contribution in [3.63, 3.8) is 0 Å². The number of aliphatic hydroxyl groups is 1. The van der Waals surface area contributed by atoms with Crippen molar-refractivity contribution in [1.29, 1.82) is 0 Å². The summed E-state index contributed by atoms with van der Waals surface area (Å²) >= 11 is 0. The number of aromatic nitrogens is 2. The fourth-order valence-corrected chi connectivity index (χ4v) is 2.53. The minimum atomic E-state index is 0.0300. The number of aliphatic hydroxyl groups excluding tert-OH is 1. The van der Waals surface area contributed by atoms with Gasteiger partial charge in [-0.2, -0.15) is 0 Å². The lowest BCUT2D eigenvalue weighted by molar-refractivity contribution is 0.171. The molecule has 1 aromatic heterocycles. The number of nitrogen functional groups attached to an aromatic ring is 1. The van der Waals surface area contributed by atoms with Crippen molar-refractivity contribution in [2.45, 2.75) is 6.92 Å². The summed E-state index contributed by atoms with van der Waals surface area (Å²) in [5.74, 6) is 2.52. The van der Waals surface area contributed by atoms with Crippen LogP contribution in [-0.4, -0.2) is 48.0 Å². The van der Waals surface area contributed by atoms with E-state index < -0.39 is 0 Å². The van der Waals surface area contributed by atoms with E-state index in [0.29, 0.717) is 49.4 Å². The lowest BCUT2D eigenvalue weighted by Crippen LogP contribution is -2.28. The summed E-state index contributed by atoms with van der Waals surface area (Å²) in [5, 5.41) is 12.4. The molecule has 24 heavy (non-hydrogen) atoms. The topological polar surface area (TPSA) is 106 Å². The van der Waals surface area contributed by atoms with E-state index in [9.17, 15) is 0 Å². The van der Waals surface area contributed by atoms with Gasteiger partial charge in [0.1, 0.15) is 25.2 Å². The molecule has 0 saturated carbocycles. The first-order valence-electron chi connectivity index (χ1n) is 7.86. The van der Waals surface area contributed by atoms with Crippen LogP contribution in [0.2, 0.25) is 0 Å². The standard InChI is InChI=1S/C16H21N5O3/c1-2-21(5-6-22)16-14(17)15(18-10-19-16)20-11-3-4-12-13(9-11)24-8-7-23-12/h3-4,9-10,22H,2,5-8,17H2,1H3,(H,18,19,20). The third-order valence-electron chi connectivity index (χ3n) is 3.72. The van der Waals surface area contributed by atoms with Crippen molar-refractivity contribution in [2.24, 2.45) is 0 Å². The highest BCUT2D eigenvalue weighted by Crippen LogP contribution is 2.35. The molecule has 0 radical (unpaired) electrons. The Morgan fingerprint density at radius 2 is 2.04 bits per heavy atom. The maximum atomic E-state index is 9.17. The molecule has 2 heterocycles.